The number of pyridine rings is 1. The third-order valence-corrected chi connectivity index (χ3v) is 7.21. The molecule has 0 aliphatic carbocycles. The van der Waals surface area contributed by atoms with Crippen molar-refractivity contribution in [3.8, 4) is 5.88 Å². The van der Waals surface area contributed by atoms with E-state index >= 15 is 0 Å². The highest BCUT2D eigenvalue weighted by atomic mass is 16.5. The lowest BCUT2D eigenvalue weighted by molar-refractivity contribution is -0.151. The predicted molar refractivity (Wildman–Crippen MR) is 158 cm³/mol. The smallest absolute Gasteiger partial charge is 0.310 e. The van der Waals surface area contributed by atoms with Crippen LogP contribution in [0.15, 0.2) is 66.7 Å². The highest BCUT2D eigenvalue weighted by Crippen LogP contribution is 2.31. The Morgan fingerprint density at radius 1 is 0.923 bits per heavy atom. The first-order valence-electron chi connectivity index (χ1n) is 13.9. The maximum atomic E-state index is 12.6. The Morgan fingerprint density at radius 2 is 1.64 bits per heavy atom. The van der Waals surface area contributed by atoms with Crippen molar-refractivity contribution >= 4 is 29.7 Å². The summed E-state index contributed by atoms with van der Waals surface area (Å²) in [5.41, 5.74) is 3.97. The Bertz CT molecular complexity index is 1250. The molecule has 0 fully saturated rings. The maximum absolute atomic E-state index is 12.6. The van der Waals surface area contributed by atoms with Gasteiger partial charge in [-0.05, 0) is 79.5 Å². The number of aliphatic carboxylic acids is 1. The number of carboxylic acids is 1. The summed E-state index contributed by atoms with van der Waals surface area (Å²) in [5.74, 6) is -0.641. The van der Waals surface area contributed by atoms with Gasteiger partial charge in [0, 0.05) is 18.2 Å². The van der Waals surface area contributed by atoms with E-state index in [1.54, 1.807) is 19.9 Å². The van der Waals surface area contributed by atoms with Crippen molar-refractivity contribution in [3.63, 3.8) is 0 Å². The molecule has 1 amide bonds. The SMILES string of the molecule is CCc1ccc(CCCCOc2cccc(/C=C/c3cccc(NC(=O)CC(CC)(CC)C(=O)O)c3)n2)cc1. The molecule has 0 bridgehead atoms. The van der Waals surface area contributed by atoms with Crippen LogP contribution in [0.1, 0.15) is 75.3 Å². The maximum Gasteiger partial charge on any atom is 0.310 e. The fraction of sp³-hybridized carbons (Fsp3) is 0.364. The number of hydrogen-bond acceptors (Lipinski definition) is 4. The minimum absolute atomic E-state index is 0.0574. The number of ether oxygens (including phenoxy) is 1. The van der Waals surface area contributed by atoms with E-state index in [4.69, 9.17) is 4.74 Å². The number of nitrogens with zero attached hydrogens (tertiary/aromatic N) is 1. The molecule has 1 aromatic heterocycles. The lowest BCUT2D eigenvalue weighted by atomic mass is 9.79. The fourth-order valence-electron chi connectivity index (χ4n) is 4.45. The summed E-state index contributed by atoms with van der Waals surface area (Å²) < 4.78 is 5.88. The number of anilines is 1. The highest BCUT2D eigenvalue weighted by molar-refractivity contribution is 5.94. The third kappa shape index (κ3) is 9.10. The number of nitrogens with one attached hydrogen (secondary N) is 1. The van der Waals surface area contributed by atoms with E-state index < -0.39 is 11.4 Å². The minimum Gasteiger partial charge on any atom is -0.481 e. The zero-order chi connectivity index (χ0) is 28.1. The zero-order valence-corrected chi connectivity index (χ0v) is 23.3. The highest BCUT2D eigenvalue weighted by Gasteiger charge is 2.37. The molecule has 0 radical (unpaired) electrons. The Hall–Kier alpha value is -3.93. The van der Waals surface area contributed by atoms with Crippen LogP contribution in [-0.2, 0) is 22.4 Å². The van der Waals surface area contributed by atoms with Gasteiger partial charge in [-0.15, -0.1) is 0 Å². The Labute approximate surface area is 232 Å². The van der Waals surface area contributed by atoms with Crippen LogP contribution in [0.3, 0.4) is 0 Å². The number of rotatable bonds is 15. The van der Waals surface area contributed by atoms with Crippen molar-refractivity contribution in [2.75, 3.05) is 11.9 Å². The molecule has 206 valence electrons. The molecule has 0 saturated carbocycles. The van der Waals surface area contributed by atoms with Crippen LogP contribution in [-0.4, -0.2) is 28.6 Å². The lowest BCUT2D eigenvalue weighted by Gasteiger charge is -2.25. The van der Waals surface area contributed by atoms with Crippen LogP contribution < -0.4 is 10.1 Å². The van der Waals surface area contributed by atoms with Gasteiger partial charge in [-0.2, -0.15) is 0 Å². The molecule has 1 heterocycles. The van der Waals surface area contributed by atoms with Gasteiger partial charge in [-0.25, -0.2) is 4.98 Å². The molecule has 0 spiro atoms. The molecular formula is C33H40N2O4. The first kappa shape index (κ1) is 29.6. The van der Waals surface area contributed by atoms with Crippen molar-refractivity contribution in [2.24, 2.45) is 5.41 Å². The van der Waals surface area contributed by atoms with E-state index in [0.29, 0.717) is 31.0 Å². The van der Waals surface area contributed by atoms with Gasteiger partial charge in [-0.1, -0.05) is 69.3 Å². The average Bonchev–Trinajstić information content (AvgIpc) is 2.95. The normalized spacial score (nSPS) is 11.5. The van der Waals surface area contributed by atoms with Crippen LogP contribution in [0, 0.1) is 5.41 Å². The van der Waals surface area contributed by atoms with Gasteiger partial charge >= 0.3 is 5.97 Å². The number of hydrogen-bond donors (Lipinski definition) is 2. The molecule has 0 unspecified atom stereocenters. The average molecular weight is 529 g/mol. The van der Waals surface area contributed by atoms with E-state index in [9.17, 15) is 14.7 Å². The first-order valence-corrected chi connectivity index (χ1v) is 13.9. The minimum atomic E-state index is -1.04. The zero-order valence-electron chi connectivity index (χ0n) is 23.3. The Balaban J connectivity index is 1.50. The number of carbonyl (C=O) groups excluding carboxylic acids is 1. The quantitative estimate of drug-likeness (QED) is 0.200. The summed E-state index contributed by atoms with van der Waals surface area (Å²) in [7, 11) is 0. The molecular weight excluding hydrogens is 488 g/mol. The van der Waals surface area contributed by atoms with Crippen LogP contribution in [0.25, 0.3) is 12.2 Å². The van der Waals surface area contributed by atoms with E-state index in [0.717, 1.165) is 36.9 Å². The van der Waals surface area contributed by atoms with Crippen molar-refractivity contribution in [3.05, 3.63) is 89.1 Å². The Morgan fingerprint density at radius 3 is 2.33 bits per heavy atom. The monoisotopic (exact) mass is 528 g/mol. The number of carbonyl (C=O) groups is 2. The van der Waals surface area contributed by atoms with Crippen LogP contribution in [0.4, 0.5) is 5.69 Å². The fourth-order valence-corrected chi connectivity index (χ4v) is 4.45. The van der Waals surface area contributed by atoms with Crippen molar-refractivity contribution in [1.29, 1.82) is 0 Å². The standard InChI is InChI=1S/C33H40N2O4/c1-4-25-16-18-26(19-17-25)11-7-8-22-39-31-15-10-13-28(35-31)21-20-27-12-9-14-29(23-27)34-30(36)24-33(5-2,6-3)32(37)38/h9-10,12-21,23H,4-8,11,22,24H2,1-3H3,(H,34,36)(H,37,38)/b21-20+. The van der Waals surface area contributed by atoms with Crippen LogP contribution >= 0.6 is 0 Å². The van der Waals surface area contributed by atoms with E-state index in [-0.39, 0.29) is 12.3 Å². The van der Waals surface area contributed by atoms with Gasteiger partial charge in [0.05, 0.1) is 17.7 Å². The van der Waals surface area contributed by atoms with Crippen LogP contribution in [0.5, 0.6) is 5.88 Å². The summed E-state index contributed by atoms with van der Waals surface area (Å²) in [6, 6.07) is 22.0. The number of benzene rings is 2. The number of aryl methyl sites for hydroxylation is 2. The van der Waals surface area contributed by atoms with Gasteiger partial charge < -0.3 is 15.2 Å². The molecule has 3 rings (SSSR count). The van der Waals surface area contributed by atoms with E-state index in [1.165, 1.54) is 11.1 Å². The molecule has 6 heteroatoms. The van der Waals surface area contributed by atoms with Crippen molar-refractivity contribution in [1.82, 2.24) is 4.98 Å². The van der Waals surface area contributed by atoms with E-state index in [1.807, 2.05) is 48.6 Å². The summed E-state index contributed by atoms with van der Waals surface area (Å²) in [4.78, 5) is 28.9. The second-order valence-electron chi connectivity index (χ2n) is 9.85. The molecule has 0 saturated heterocycles. The molecule has 0 atom stereocenters. The Kier molecular flexibility index (Phi) is 11.3. The van der Waals surface area contributed by atoms with Crippen LogP contribution in [0.2, 0.25) is 0 Å². The molecule has 0 aliphatic rings. The lowest BCUT2D eigenvalue weighted by Crippen LogP contribution is -2.34. The van der Waals surface area contributed by atoms with Crippen molar-refractivity contribution < 1.29 is 19.4 Å². The molecule has 2 N–H and O–H groups in total. The number of carboxylic acid groups (broad SMARTS) is 1. The number of amides is 1. The van der Waals surface area contributed by atoms with Gasteiger partial charge in [0.2, 0.25) is 11.8 Å². The topological polar surface area (TPSA) is 88.5 Å². The largest absolute Gasteiger partial charge is 0.481 e. The van der Waals surface area contributed by atoms with E-state index in [2.05, 4.69) is 41.5 Å². The predicted octanol–water partition coefficient (Wildman–Crippen LogP) is 7.44. The third-order valence-electron chi connectivity index (χ3n) is 7.21. The van der Waals surface area contributed by atoms with Gasteiger partial charge in [0.15, 0.2) is 0 Å². The number of aromatic nitrogens is 1. The van der Waals surface area contributed by atoms with Crippen molar-refractivity contribution in [2.45, 2.75) is 65.7 Å². The molecule has 39 heavy (non-hydrogen) atoms. The summed E-state index contributed by atoms with van der Waals surface area (Å²) in [6.45, 7) is 6.39. The molecule has 2 aromatic carbocycles. The second kappa shape index (κ2) is 14.9. The molecule has 3 aromatic rings. The first-order chi connectivity index (χ1) is 18.9. The number of unbranched alkanes of at least 4 members (excludes halogenated alkanes) is 1. The van der Waals surface area contributed by atoms with Gasteiger partial charge in [-0.3, -0.25) is 9.59 Å². The molecule has 0 aliphatic heterocycles. The van der Waals surface area contributed by atoms with Gasteiger partial charge in [0.25, 0.3) is 0 Å². The van der Waals surface area contributed by atoms with Gasteiger partial charge in [0.1, 0.15) is 0 Å². The summed E-state index contributed by atoms with van der Waals surface area (Å²) in [6.07, 6.45) is 8.69. The summed E-state index contributed by atoms with van der Waals surface area (Å²) >= 11 is 0. The summed E-state index contributed by atoms with van der Waals surface area (Å²) in [5, 5.41) is 12.5. The second-order valence-corrected chi connectivity index (χ2v) is 9.85. The molecule has 6 nitrogen and oxygen atoms in total.